The molecule has 1 rings (SSSR count). The molecule has 0 fully saturated rings. The van der Waals surface area contributed by atoms with E-state index in [1.165, 1.54) is 0 Å². The van der Waals surface area contributed by atoms with Crippen LogP contribution in [0.4, 0.5) is 0 Å². The SMILES string of the molecule is CC(N)Cc1cc(Br)c(OCCC(=O)N(C)C)c(Br)c1. The van der Waals surface area contributed by atoms with Crippen LogP contribution in [0.1, 0.15) is 18.9 Å². The molecule has 0 bridgehead atoms. The van der Waals surface area contributed by atoms with Crippen molar-refractivity contribution in [3.63, 3.8) is 0 Å². The molecule has 1 atom stereocenters. The summed E-state index contributed by atoms with van der Waals surface area (Å²) in [6.07, 6.45) is 1.16. The van der Waals surface area contributed by atoms with Gasteiger partial charge in [0.2, 0.25) is 5.91 Å². The summed E-state index contributed by atoms with van der Waals surface area (Å²) in [7, 11) is 3.47. The largest absolute Gasteiger partial charge is 0.491 e. The monoisotopic (exact) mass is 406 g/mol. The molecule has 0 saturated carbocycles. The predicted molar refractivity (Wildman–Crippen MR) is 88.0 cm³/mol. The van der Waals surface area contributed by atoms with Gasteiger partial charge in [-0.25, -0.2) is 0 Å². The van der Waals surface area contributed by atoms with Crippen molar-refractivity contribution in [2.45, 2.75) is 25.8 Å². The molecule has 0 saturated heterocycles. The molecule has 2 N–H and O–H groups in total. The van der Waals surface area contributed by atoms with E-state index in [0.29, 0.717) is 18.8 Å². The number of hydrogen-bond acceptors (Lipinski definition) is 3. The molecule has 0 aliphatic heterocycles. The molecular formula is C14H20Br2N2O2. The van der Waals surface area contributed by atoms with E-state index in [2.05, 4.69) is 31.9 Å². The topological polar surface area (TPSA) is 55.6 Å². The van der Waals surface area contributed by atoms with Gasteiger partial charge in [0.1, 0.15) is 5.75 Å². The average molecular weight is 408 g/mol. The van der Waals surface area contributed by atoms with Gasteiger partial charge in [0.25, 0.3) is 0 Å². The van der Waals surface area contributed by atoms with Crippen molar-refractivity contribution >= 4 is 37.8 Å². The zero-order valence-corrected chi connectivity index (χ0v) is 15.1. The van der Waals surface area contributed by atoms with Crippen LogP contribution in [0, 0.1) is 0 Å². The Bertz CT molecular complexity index is 453. The maximum absolute atomic E-state index is 11.5. The van der Waals surface area contributed by atoms with Crippen LogP contribution in [0.2, 0.25) is 0 Å². The zero-order chi connectivity index (χ0) is 15.3. The second-order valence-electron chi connectivity index (χ2n) is 4.96. The minimum absolute atomic E-state index is 0.0471. The molecule has 6 heteroatoms. The number of carbonyl (C=O) groups excluding carboxylic acids is 1. The number of nitrogens with two attached hydrogens (primary N) is 1. The molecule has 1 aromatic carbocycles. The first kappa shape index (κ1) is 17.5. The highest BCUT2D eigenvalue weighted by atomic mass is 79.9. The van der Waals surface area contributed by atoms with Crippen molar-refractivity contribution in [3.8, 4) is 5.75 Å². The van der Waals surface area contributed by atoms with Crippen LogP contribution in [-0.2, 0) is 11.2 Å². The maximum atomic E-state index is 11.5. The molecule has 0 aliphatic rings. The standard InChI is InChI=1S/C14H20Br2N2O2/c1-9(17)6-10-7-11(15)14(12(16)8-10)20-5-4-13(19)18(2)3/h7-9H,4-6,17H2,1-3H3. The molecule has 112 valence electrons. The van der Waals surface area contributed by atoms with Gasteiger partial charge in [-0.2, -0.15) is 0 Å². The van der Waals surface area contributed by atoms with E-state index in [1.807, 2.05) is 19.1 Å². The summed E-state index contributed by atoms with van der Waals surface area (Å²) in [5, 5.41) is 0. The minimum atomic E-state index is 0.0471. The molecule has 0 spiro atoms. The lowest BCUT2D eigenvalue weighted by Crippen LogP contribution is -2.23. The number of hydrogen-bond donors (Lipinski definition) is 1. The van der Waals surface area contributed by atoms with Gasteiger partial charge in [0.15, 0.2) is 0 Å². The molecule has 0 aliphatic carbocycles. The summed E-state index contributed by atoms with van der Waals surface area (Å²) >= 11 is 6.99. The summed E-state index contributed by atoms with van der Waals surface area (Å²) in [5.41, 5.74) is 6.94. The van der Waals surface area contributed by atoms with Crippen LogP contribution >= 0.6 is 31.9 Å². The zero-order valence-electron chi connectivity index (χ0n) is 12.0. The Balaban J connectivity index is 2.69. The highest BCUT2D eigenvalue weighted by Crippen LogP contribution is 2.35. The van der Waals surface area contributed by atoms with Crippen molar-refractivity contribution in [2.24, 2.45) is 5.73 Å². The molecule has 0 heterocycles. The lowest BCUT2D eigenvalue weighted by atomic mass is 10.1. The molecule has 1 unspecified atom stereocenters. The molecule has 1 aromatic rings. The summed E-state index contributed by atoms with van der Waals surface area (Å²) in [4.78, 5) is 13.0. The van der Waals surface area contributed by atoms with Gasteiger partial charge in [-0.1, -0.05) is 0 Å². The van der Waals surface area contributed by atoms with Gasteiger partial charge in [0.05, 0.1) is 22.0 Å². The Morgan fingerprint density at radius 2 is 1.90 bits per heavy atom. The second-order valence-corrected chi connectivity index (χ2v) is 6.67. The van der Waals surface area contributed by atoms with Gasteiger partial charge in [-0.15, -0.1) is 0 Å². The van der Waals surface area contributed by atoms with Crippen LogP contribution in [-0.4, -0.2) is 37.6 Å². The first-order valence-electron chi connectivity index (χ1n) is 6.37. The number of ether oxygens (including phenoxy) is 1. The Kier molecular flexibility index (Phi) is 6.99. The molecule has 0 radical (unpaired) electrons. The number of nitrogens with zero attached hydrogens (tertiary/aromatic N) is 1. The molecule has 1 amide bonds. The Morgan fingerprint density at radius 3 is 2.35 bits per heavy atom. The normalized spacial score (nSPS) is 12.1. The van der Waals surface area contributed by atoms with E-state index in [-0.39, 0.29) is 11.9 Å². The van der Waals surface area contributed by atoms with Crippen LogP contribution in [0.3, 0.4) is 0 Å². The van der Waals surface area contributed by atoms with Crippen molar-refractivity contribution < 1.29 is 9.53 Å². The third kappa shape index (κ3) is 5.42. The fourth-order valence-electron chi connectivity index (χ4n) is 1.70. The second kappa shape index (κ2) is 8.00. The lowest BCUT2D eigenvalue weighted by molar-refractivity contribution is -0.129. The summed E-state index contributed by atoms with van der Waals surface area (Å²) < 4.78 is 7.40. The highest BCUT2D eigenvalue weighted by molar-refractivity contribution is 9.11. The van der Waals surface area contributed by atoms with Gasteiger partial charge >= 0.3 is 0 Å². The highest BCUT2D eigenvalue weighted by Gasteiger charge is 2.11. The van der Waals surface area contributed by atoms with E-state index in [0.717, 1.165) is 20.9 Å². The number of amides is 1. The lowest BCUT2D eigenvalue weighted by Gasteiger charge is -2.14. The minimum Gasteiger partial charge on any atom is -0.491 e. The number of rotatable bonds is 6. The Labute approximate surface area is 136 Å². The first-order valence-corrected chi connectivity index (χ1v) is 7.96. The summed E-state index contributed by atoms with van der Waals surface area (Å²) in [6.45, 7) is 2.32. The van der Waals surface area contributed by atoms with Gasteiger partial charge in [-0.3, -0.25) is 4.79 Å². The van der Waals surface area contributed by atoms with Crippen LogP contribution in [0.15, 0.2) is 21.1 Å². The number of halogens is 2. The van der Waals surface area contributed by atoms with Crippen LogP contribution in [0.25, 0.3) is 0 Å². The quantitative estimate of drug-likeness (QED) is 0.788. The van der Waals surface area contributed by atoms with E-state index < -0.39 is 0 Å². The fraction of sp³-hybridized carbons (Fsp3) is 0.500. The van der Waals surface area contributed by atoms with Gasteiger partial charge in [-0.05, 0) is 62.9 Å². The third-order valence-corrected chi connectivity index (χ3v) is 3.85. The molecule has 20 heavy (non-hydrogen) atoms. The third-order valence-electron chi connectivity index (χ3n) is 2.68. The van der Waals surface area contributed by atoms with Gasteiger partial charge in [0, 0.05) is 20.1 Å². The average Bonchev–Trinajstić information content (AvgIpc) is 2.31. The number of carbonyl (C=O) groups is 1. The number of benzene rings is 1. The van der Waals surface area contributed by atoms with Crippen molar-refractivity contribution in [3.05, 3.63) is 26.6 Å². The first-order chi connectivity index (χ1) is 9.31. The van der Waals surface area contributed by atoms with E-state index in [1.54, 1.807) is 19.0 Å². The Hall–Kier alpha value is -0.590. The Morgan fingerprint density at radius 1 is 1.35 bits per heavy atom. The molecule has 4 nitrogen and oxygen atoms in total. The summed E-state index contributed by atoms with van der Waals surface area (Å²) in [5.74, 6) is 0.760. The fourth-order valence-corrected chi connectivity index (χ4v) is 3.21. The van der Waals surface area contributed by atoms with Crippen LogP contribution < -0.4 is 10.5 Å². The predicted octanol–water partition coefficient (Wildman–Crippen LogP) is 2.96. The smallest absolute Gasteiger partial charge is 0.225 e. The van der Waals surface area contributed by atoms with E-state index >= 15 is 0 Å². The van der Waals surface area contributed by atoms with Crippen molar-refractivity contribution in [1.82, 2.24) is 4.90 Å². The van der Waals surface area contributed by atoms with Gasteiger partial charge < -0.3 is 15.4 Å². The molecular weight excluding hydrogens is 388 g/mol. The summed E-state index contributed by atoms with van der Waals surface area (Å²) in [6, 6.07) is 4.10. The van der Waals surface area contributed by atoms with Crippen molar-refractivity contribution in [1.29, 1.82) is 0 Å². The van der Waals surface area contributed by atoms with E-state index in [9.17, 15) is 4.79 Å². The van der Waals surface area contributed by atoms with Crippen LogP contribution in [0.5, 0.6) is 5.75 Å². The molecule has 0 aromatic heterocycles. The van der Waals surface area contributed by atoms with E-state index in [4.69, 9.17) is 10.5 Å². The maximum Gasteiger partial charge on any atom is 0.225 e. The van der Waals surface area contributed by atoms with Crippen molar-refractivity contribution in [2.75, 3.05) is 20.7 Å².